The van der Waals surface area contributed by atoms with Gasteiger partial charge in [-0.2, -0.15) is 0 Å². The smallest absolute Gasteiger partial charge is 0.119 e. The second-order valence-electron chi connectivity index (χ2n) is 4.94. The van der Waals surface area contributed by atoms with Crippen LogP contribution in [0.3, 0.4) is 0 Å². The van der Waals surface area contributed by atoms with E-state index in [1.54, 1.807) is 0 Å². The van der Waals surface area contributed by atoms with E-state index in [1.165, 1.54) is 19.4 Å². The molecule has 0 amide bonds. The SMILES string of the molecule is CCNCC1CCCN1CCOc1ccc(Br)cc1. The third-order valence-electron chi connectivity index (χ3n) is 3.59. The van der Waals surface area contributed by atoms with E-state index < -0.39 is 0 Å². The van der Waals surface area contributed by atoms with Crippen LogP contribution in [0.2, 0.25) is 0 Å². The van der Waals surface area contributed by atoms with Crippen molar-refractivity contribution in [2.45, 2.75) is 25.8 Å². The van der Waals surface area contributed by atoms with Crippen LogP contribution in [0.4, 0.5) is 0 Å². The molecule has 1 N–H and O–H groups in total. The summed E-state index contributed by atoms with van der Waals surface area (Å²) >= 11 is 3.43. The van der Waals surface area contributed by atoms with Gasteiger partial charge in [0.05, 0.1) is 0 Å². The quantitative estimate of drug-likeness (QED) is 0.833. The van der Waals surface area contributed by atoms with Gasteiger partial charge in [-0.15, -0.1) is 0 Å². The Balaban J connectivity index is 1.71. The van der Waals surface area contributed by atoms with E-state index >= 15 is 0 Å². The van der Waals surface area contributed by atoms with Crippen molar-refractivity contribution in [3.63, 3.8) is 0 Å². The first-order valence-electron chi connectivity index (χ1n) is 7.12. The summed E-state index contributed by atoms with van der Waals surface area (Å²) in [4.78, 5) is 2.54. The topological polar surface area (TPSA) is 24.5 Å². The van der Waals surface area contributed by atoms with Gasteiger partial charge in [-0.1, -0.05) is 22.9 Å². The fourth-order valence-corrected chi connectivity index (χ4v) is 2.81. The molecule has 1 unspecified atom stereocenters. The Morgan fingerprint density at radius 2 is 2.16 bits per heavy atom. The van der Waals surface area contributed by atoms with Crippen molar-refractivity contribution in [1.29, 1.82) is 0 Å². The largest absolute Gasteiger partial charge is 0.492 e. The molecule has 0 saturated carbocycles. The first-order valence-corrected chi connectivity index (χ1v) is 7.92. The third-order valence-corrected chi connectivity index (χ3v) is 4.12. The highest BCUT2D eigenvalue weighted by Crippen LogP contribution is 2.18. The van der Waals surface area contributed by atoms with Gasteiger partial charge in [-0.05, 0) is 50.2 Å². The average Bonchev–Trinajstić information content (AvgIpc) is 2.86. The van der Waals surface area contributed by atoms with E-state index in [9.17, 15) is 0 Å². The molecule has 0 spiro atoms. The van der Waals surface area contributed by atoms with E-state index in [0.717, 1.165) is 36.5 Å². The lowest BCUT2D eigenvalue weighted by Gasteiger charge is -2.24. The summed E-state index contributed by atoms with van der Waals surface area (Å²) in [5.74, 6) is 0.950. The monoisotopic (exact) mass is 326 g/mol. The first-order chi connectivity index (χ1) is 9.29. The molecule has 1 aliphatic heterocycles. The Morgan fingerprint density at radius 1 is 1.37 bits per heavy atom. The zero-order valence-electron chi connectivity index (χ0n) is 11.6. The van der Waals surface area contributed by atoms with E-state index in [1.807, 2.05) is 24.3 Å². The van der Waals surface area contributed by atoms with Crippen LogP contribution in [0.1, 0.15) is 19.8 Å². The van der Waals surface area contributed by atoms with Crippen molar-refractivity contribution >= 4 is 15.9 Å². The number of hydrogen-bond acceptors (Lipinski definition) is 3. The molecule has 0 bridgehead atoms. The molecule has 1 aliphatic rings. The molecule has 19 heavy (non-hydrogen) atoms. The molecule has 1 aromatic carbocycles. The van der Waals surface area contributed by atoms with Gasteiger partial charge in [0.15, 0.2) is 0 Å². The zero-order chi connectivity index (χ0) is 13.5. The molecule has 0 radical (unpaired) electrons. The van der Waals surface area contributed by atoms with E-state index in [4.69, 9.17) is 4.74 Å². The zero-order valence-corrected chi connectivity index (χ0v) is 13.2. The predicted octanol–water partition coefficient (Wildman–Crippen LogP) is 2.90. The lowest BCUT2D eigenvalue weighted by molar-refractivity contribution is 0.194. The molecule has 0 aromatic heterocycles. The Bertz CT molecular complexity index is 369. The molecule has 1 fully saturated rings. The summed E-state index contributed by atoms with van der Waals surface area (Å²) < 4.78 is 6.88. The average molecular weight is 327 g/mol. The van der Waals surface area contributed by atoms with Gasteiger partial charge in [-0.3, -0.25) is 4.90 Å². The molecule has 106 valence electrons. The van der Waals surface area contributed by atoms with Crippen molar-refractivity contribution in [2.75, 3.05) is 32.8 Å². The number of nitrogens with one attached hydrogen (secondary N) is 1. The summed E-state index contributed by atoms with van der Waals surface area (Å²) in [6, 6.07) is 8.72. The lowest BCUT2D eigenvalue weighted by Crippen LogP contribution is -2.39. The maximum absolute atomic E-state index is 5.79. The highest BCUT2D eigenvalue weighted by Gasteiger charge is 2.23. The fourth-order valence-electron chi connectivity index (χ4n) is 2.54. The molecule has 2 rings (SSSR count). The van der Waals surface area contributed by atoms with Gasteiger partial charge in [0.1, 0.15) is 12.4 Å². The maximum Gasteiger partial charge on any atom is 0.119 e. The number of halogens is 1. The van der Waals surface area contributed by atoms with Crippen LogP contribution >= 0.6 is 15.9 Å². The number of likely N-dealkylation sites (tertiary alicyclic amines) is 1. The van der Waals surface area contributed by atoms with Crippen LogP contribution in [0, 0.1) is 0 Å². The van der Waals surface area contributed by atoms with Crippen LogP contribution in [0.25, 0.3) is 0 Å². The normalized spacial score (nSPS) is 19.8. The van der Waals surface area contributed by atoms with Crippen LogP contribution in [-0.2, 0) is 0 Å². The molecule has 4 heteroatoms. The highest BCUT2D eigenvalue weighted by atomic mass is 79.9. The Hall–Kier alpha value is -0.580. The second kappa shape index (κ2) is 7.88. The van der Waals surface area contributed by atoms with E-state index in [0.29, 0.717) is 6.04 Å². The maximum atomic E-state index is 5.79. The standard InChI is InChI=1S/C15H23BrN2O/c1-2-17-12-14-4-3-9-18(14)10-11-19-15-7-5-13(16)6-8-15/h5-8,14,17H,2-4,9-12H2,1H3. The van der Waals surface area contributed by atoms with Gasteiger partial charge in [0.2, 0.25) is 0 Å². The number of ether oxygens (including phenoxy) is 1. The van der Waals surface area contributed by atoms with Crippen molar-refractivity contribution in [3.8, 4) is 5.75 Å². The molecule has 1 atom stereocenters. The van der Waals surface area contributed by atoms with E-state index in [-0.39, 0.29) is 0 Å². The van der Waals surface area contributed by atoms with Crippen molar-refractivity contribution in [3.05, 3.63) is 28.7 Å². The van der Waals surface area contributed by atoms with Crippen LogP contribution in [-0.4, -0.2) is 43.7 Å². The minimum absolute atomic E-state index is 0.688. The highest BCUT2D eigenvalue weighted by molar-refractivity contribution is 9.10. The second-order valence-corrected chi connectivity index (χ2v) is 5.86. The van der Waals surface area contributed by atoms with Gasteiger partial charge < -0.3 is 10.1 Å². The molecular formula is C15H23BrN2O. The molecule has 1 heterocycles. The van der Waals surface area contributed by atoms with Gasteiger partial charge >= 0.3 is 0 Å². The van der Waals surface area contributed by atoms with Crippen molar-refractivity contribution < 1.29 is 4.74 Å². The van der Waals surface area contributed by atoms with Crippen LogP contribution < -0.4 is 10.1 Å². The first kappa shape index (κ1) is 14.8. The molecule has 3 nitrogen and oxygen atoms in total. The number of nitrogens with zero attached hydrogens (tertiary/aromatic N) is 1. The molecule has 1 saturated heterocycles. The van der Waals surface area contributed by atoms with Gasteiger partial charge in [-0.25, -0.2) is 0 Å². The number of rotatable bonds is 7. The summed E-state index contributed by atoms with van der Waals surface area (Å²) in [7, 11) is 0. The minimum Gasteiger partial charge on any atom is -0.492 e. The molecular weight excluding hydrogens is 304 g/mol. The summed E-state index contributed by atoms with van der Waals surface area (Å²) in [6.07, 6.45) is 2.62. The third kappa shape index (κ3) is 4.79. The van der Waals surface area contributed by atoms with Crippen molar-refractivity contribution in [2.24, 2.45) is 0 Å². The predicted molar refractivity (Wildman–Crippen MR) is 82.8 cm³/mol. The van der Waals surface area contributed by atoms with Crippen molar-refractivity contribution in [1.82, 2.24) is 10.2 Å². The van der Waals surface area contributed by atoms with E-state index in [2.05, 4.69) is 33.1 Å². The summed E-state index contributed by atoms with van der Waals surface area (Å²) in [5, 5.41) is 3.45. The Labute approximate surface area is 124 Å². The summed E-state index contributed by atoms with van der Waals surface area (Å²) in [5.41, 5.74) is 0. The van der Waals surface area contributed by atoms with Gasteiger partial charge in [0, 0.05) is 23.6 Å². The van der Waals surface area contributed by atoms with Crippen LogP contribution in [0.5, 0.6) is 5.75 Å². The number of hydrogen-bond donors (Lipinski definition) is 1. The Kier molecular flexibility index (Phi) is 6.14. The number of likely N-dealkylation sites (N-methyl/N-ethyl adjacent to an activating group) is 1. The number of benzene rings is 1. The summed E-state index contributed by atoms with van der Waals surface area (Å²) in [6.45, 7) is 7.32. The fraction of sp³-hybridized carbons (Fsp3) is 0.600. The molecule has 0 aliphatic carbocycles. The minimum atomic E-state index is 0.688. The molecule has 1 aromatic rings. The lowest BCUT2D eigenvalue weighted by atomic mass is 10.2. The Morgan fingerprint density at radius 3 is 2.89 bits per heavy atom. The van der Waals surface area contributed by atoms with Gasteiger partial charge in [0.25, 0.3) is 0 Å². The van der Waals surface area contributed by atoms with Crippen LogP contribution in [0.15, 0.2) is 28.7 Å².